The zero-order valence-corrected chi connectivity index (χ0v) is 20.9. The van der Waals surface area contributed by atoms with Crippen LogP contribution in [-0.2, 0) is 30.4 Å². The number of hydrogen-bond acceptors (Lipinski definition) is 6. The van der Waals surface area contributed by atoms with E-state index in [1.165, 1.54) is 19.1 Å². The summed E-state index contributed by atoms with van der Waals surface area (Å²) in [7, 11) is 0. The van der Waals surface area contributed by atoms with Crippen LogP contribution in [0.4, 0.5) is 0 Å². The van der Waals surface area contributed by atoms with Crippen LogP contribution < -0.4 is 27.0 Å². The van der Waals surface area contributed by atoms with Gasteiger partial charge in [0.15, 0.2) is 0 Å². The molecule has 7 N–H and O–H groups in total. The van der Waals surface area contributed by atoms with Crippen molar-refractivity contribution in [2.24, 2.45) is 17.6 Å². The van der Waals surface area contributed by atoms with Gasteiger partial charge in [0.25, 0.3) is 0 Å². The molecule has 3 atom stereocenters. The fraction of sp³-hybridized carbons (Fsp3) is 0.542. The molecule has 0 bridgehead atoms. The van der Waals surface area contributed by atoms with E-state index in [1.54, 1.807) is 26.0 Å². The van der Waals surface area contributed by atoms with Crippen molar-refractivity contribution in [3.05, 3.63) is 29.8 Å². The van der Waals surface area contributed by atoms with Gasteiger partial charge in [-0.25, -0.2) is 0 Å². The number of nitrogens with two attached hydrogens (primary N) is 1. The SMILES string of the molecule is CC(=O)N[C@@H](CC(C)C)C(=O)N[C@H](C(=O)N[C@@H](Cc1ccc(O)cc1)C(=O)NCC(N)=O)C(C)C. The lowest BCUT2D eigenvalue weighted by molar-refractivity contribution is -0.134. The highest BCUT2D eigenvalue weighted by atomic mass is 16.3. The van der Waals surface area contributed by atoms with Gasteiger partial charge < -0.3 is 32.1 Å². The molecule has 1 aromatic carbocycles. The van der Waals surface area contributed by atoms with Gasteiger partial charge in [-0.05, 0) is 36.0 Å². The molecule has 0 spiro atoms. The molecule has 5 amide bonds. The molecule has 1 aromatic rings. The summed E-state index contributed by atoms with van der Waals surface area (Å²) in [5, 5.41) is 19.8. The summed E-state index contributed by atoms with van der Waals surface area (Å²) in [6.45, 7) is 8.20. The van der Waals surface area contributed by atoms with E-state index in [1.807, 2.05) is 13.8 Å². The third kappa shape index (κ3) is 10.9. The summed E-state index contributed by atoms with van der Waals surface area (Å²) in [4.78, 5) is 61.4. The summed E-state index contributed by atoms with van der Waals surface area (Å²) < 4.78 is 0. The Morgan fingerprint density at radius 2 is 1.46 bits per heavy atom. The van der Waals surface area contributed by atoms with E-state index >= 15 is 0 Å². The summed E-state index contributed by atoms with van der Waals surface area (Å²) >= 11 is 0. The number of nitrogens with one attached hydrogen (secondary N) is 4. The van der Waals surface area contributed by atoms with E-state index in [0.29, 0.717) is 12.0 Å². The first-order chi connectivity index (χ1) is 16.3. The Balaban J connectivity index is 3.06. The van der Waals surface area contributed by atoms with Gasteiger partial charge in [-0.1, -0.05) is 39.8 Å². The van der Waals surface area contributed by atoms with Crippen molar-refractivity contribution < 1.29 is 29.1 Å². The Hall–Kier alpha value is -3.63. The van der Waals surface area contributed by atoms with Gasteiger partial charge in [-0.3, -0.25) is 24.0 Å². The van der Waals surface area contributed by atoms with Gasteiger partial charge in [0.05, 0.1) is 6.54 Å². The molecule has 1 rings (SSSR count). The lowest BCUT2D eigenvalue weighted by Crippen LogP contribution is -2.58. The molecule has 0 radical (unpaired) electrons. The molecular formula is C24H37N5O6. The number of carbonyl (C=O) groups excluding carboxylic acids is 5. The van der Waals surface area contributed by atoms with Gasteiger partial charge in [-0.2, -0.15) is 0 Å². The zero-order chi connectivity index (χ0) is 26.7. The number of benzene rings is 1. The van der Waals surface area contributed by atoms with E-state index in [9.17, 15) is 29.1 Å². The van der Waals surface area contributed by atoms with Gasteiger partial charge in [0, 0.05) is 13.3 Å². The highest BCUT2D eigenvalue weighted by Gasteiger charge is 2.31. The van der Waals surface area contributed by atoms with E-state index in [-0.39, 0.29) is 29.9 Å². The number of phenolic OH excluding ortho intramolecular Hbond substituents is 1. The molecule has 0 aliphatic carbocycles. The lowest BCUT2D eigenvalue weighted by Gasteiger charge is -2.27. The van der Waals surface area contributed by atoms with Gasteiger partial charge in [-0.15, -0.1) is 0 Å². The van der Waals surface area contributed by atoms with Crippen molar-refractivity contribution in [3.63, 3.8) is 0 Å². The van der Waals surface area contributed by atoms with E-state index < -0.39 is 48.3 Å². The van der Waals surface area contributed by atoms with Crippen LogP contribution in [0.5, 0.6) is 5.75 Å². The predicted molar refractivity (Wildman–Crippen MR) is 130 cm³/mol. The topological polar surface area (TPSA) is 180 Å². The number of amides is 5. The molecule has 194 valence electrons. The molecule has 0 saturated carbocycles. The van der Waals surface area contributed by atoms with Crippen molar-refractivity contribution in [3.8, 4) is 5.75 Å². The molecule has 0 saturated heterocycles. The Morgan fingerprint density at radius 3 is 1.94 bits per heavy atom. The predicted octanol–water partition coefficient (Wildman–Crippen LogP) is -0.287. The number of primary amides is 1. The minimum Gasteiger partial charge on any atom is -0.508 e. The van der Waals surface area contributed by atoms with Crippen LogP contribution in [0.3, 0.4) is 0 Å². The van der Waals surface area contributed by atoms with Crippen molar-refractivity contribution >= 4 is 29.5 Å². The number of hydrogen-bond donors (Lipinski definition) is 6. The van der Waals surface area contributed by atoms with E-state index in [4.69, 9.17) is 5.73 Å². The lowest BCUT2D eigenvalue weighted by atomic mass is 9.99. The van der Waals surface area contributed by atoms with Crippen LogP contribution in [0.2, 0.25) is 0 Å². The van der Waals surface area contributed by atoms with Gasteiger partial charge in [0.1, 0.15) is 23.9 Å². The number of carbonyl (C=O) groups is 5. The molecule has 35 heavy (non-hydrogen) atoms. The second-order valence-electron chi connectivity index (χ2n) is 9.23. The maximum atomic E-state index is 13.2. The molecular weight excluding hydrogens is 454 g/mol. The first-order valence-electron chi connectivity index (χ1n) is 11.5. The summed E-state index contributed by atoms with van der Waals surface area (Å²) in [6, 6.07) is 3.22. The normalized spacial score (nSPS) is 13.5. The maximum absolute atomic E-state index is 13.2. The maximum Gasteiger partial charge on any atom is 0.243 e. The van der Waals surface area contributed by atoms with E-state index in [2.05, 4.69) is 21.3 Å². The number of rotatable bonds is 13. The molecule has 0 fully saturated rings. The number of phenols is 1. The standard InChI is InChI=1S/C24H37N5O6/c1-13(2)10-18(27-15(5)30)23(34)29-21(14(3)4)24(35)28-19(22(33)26-12-20(25)32)11-16-6-8-17(31)9-7-16/h6-9,13-14,18-19,21,31H,10-12H2,1-5H3,(H2,25,32)(H,26,33)(H,27,30)(H,28,35)(H,29,34)/t18-,19-,21-/m0/s1. The van der Waals surface area contributed by atoms with Crippen LogP contribution in [0.15, 0.2) is 24.3 Å². The quantitative estimate of drug-likeness (QED) is 0.221. The fourth-order valence-corrected chi connectivity index (χ4v) is 3.37. The first kappa shape index (κ1) is 29.4. The van der Waals surface area contributed by atoms with Crippen molar-refractivity contribution in [2.45, 2.75) is 65.6 Å². The second kappa shape index (κ2) is 13.9. The third-order valence-electron chi connectivity index (χ3n) is 5.09. The Bertz CT molecular complexity index is 900. The highest BCUT2D eigenvalue weighted by Crippen LogP contribution is 2.13. The smallest absolute Gasteiger partial charge is 0.243 e. The fourth-order valence-electron chi connectivity index (χ4n) is 3.37. The molecule has 11 heteroatoms. The van der Waals surface area contributed by atoms with Crippen LogP contribution >= 0.6 is 0 Å². The van der Waals surface area contributed by atoms with Gasteiger partial charge in [0.2, 0.25) is 29.5 Å². The average molecular weight is 492 g/mol. The molecule has 11 nitrogen and oxygen atoms in total. The molecule has 0 unspecified atom stereocenters. The number of aromatic hydroxyl groups is 1. The molecule has 0 heterocycles. The summed E-state index contributed by atoms with van der Waals surface area (Å²) in [6.07, 6.45) is 0.452. The average Bonchev–Trinajstić information content (AvgIpc) is 2.75. The van der Waals surface area contributed by atoms with Crippen molar-refractivity contribution in [1.29, 1.82) is 0 Å². The van der Waals surface area contributed by atoms with Crippen LogP contribution in [0.1, 0.15) is 46.6 Å². The zero-order valence-electron chi connectivity index (χ0n) is 20.9. The second-order valence-corrected chi connectivity index (χ2v) is 9.23. The highest BCUT2D eigenvalue weighted by molar-refractivity contribution is 5.95. The van der Waals surface area contributed by atoms with Crippen molar-refractivity contribution in [1.82, 2.24) is 21.3 Å². The van der Waals surface area contributed by atoms with E-state index in [0.717, 1.165) is 0 Å². The Labute approximate surface area is 205 Å². The monoisotopic (exact) mass is 491 g/mol. The Kier molecular flexibility index (Phi) is 11.7. The first-order valence-corrected chi connectivity index (χ1v) is 11.5. The largest absolute Gasteiger partial charge is 0.508 e. The molecule has 0 aromatic heterocycles. The summed E-state index contributed by atoms with van der Waals surface area (Å²) in [5.41, 5.74) is 5.75. The minimum absolute atomic E-state index is 0.0465. The molecule has 0 aliphatic heterocycles. The summed E-state index contributed by atoms with van der Waals surface area (Å²) in [5.74, 6) is -3.01. The van der Waals surface area contributed by atoms with Crippen LogP contribution in [0, 0.1) is 11.8 Å². The van der Waals surface area contributed by atoms with Crippen LogP contribution in [0.25, 0.3) is 0 Å². The Morgan fingerprint density at radius 1 is 0.857 bits per heavy atom. The molecule has 0 aliphatic rings. The van der Waals surface area contributed by atoms with Crippen LogP contribution in [-0.4, -0.2) is 59.3 Å². The van der Waals surface area contributed by atoms with Crippen molar-refractivity contribution in [2.75, 3.05) is 6.54 Å². The third-order valence-corrected chi connectivity index (χ3v) is 5.09. The van der Waals surface area contributed by atoms with Gasteiger partial charge >= 0.3 is 0 Å². The minimum atomic E-state index is -1.08.